The Labute approximate surface area is 150 Å². The summed E-state index contributed by atoms with van der Waals surface area (Å²) in [4.78, 5) is 34.0. The van der Waals surface area contributed by atoms with Crippen LogP contribution in [-0.4, -0.2) is 23.3 Å². The number of nitrogens with one attached hydrogen (secondary N) is 2. The van der Waals surface area contributed by atoms with Crippen molar-refractivity contribution in [2.45, 2.75) is 20.8 Å². The molecule has 0 unspecified atom stereocenters. The molecule has 0 saturated carbocycles. The number of carbonyl (C=O) groups is 2. The molecule has 8 heteroatoms. The zero-order chi connectivity index (χ0) is 19.3. The van der Waals surface area contributed by atoms with Crippen LogP contribution in [-0.2, 0) is 4.79 Å². The highest BCUT2D eigenvalue weighted by atomic mass is 16.6. The molecule has 2 aromatic carbocycles. The number of rotatable bonds is 5. The second kappa shape index (κ2) is 8.11. The van der Waals surface area contributed by atoms with Gasteiger partial charge >= 0.3 is 0 Å². The molecule has 2 aromatic rings. The molecule has 0 bridgehead atoms. The number of nitrogens with zero attached hydrogens (tertiary/aromatic N) is 1. The summed E-state index contributed by atoms with van der Waals surface area (Å²) in [5.41, 5.74) is 7.12. The van der Waals surface area contributed by atoms with Gasteiger partial charge in [-0.1, -0.05) is 6.07 Å². The average Bonchev–Trinajstić information content (AvgIpc) is 2.60. The van der Waals surface area contributed by atoms with Crippen molar-refractivity contribution in [3.05, 3.63) is 68.8 Å². The predicted octanol–water partition coefficient (Wildman–Crippen LogP) is 2.36. The maximum absolute atomic E-state index is 12.0. The van der Waals surface area contributed by atoms with Crippen molar-refractivity contribution in [3.8, 4) is 5.75 Å². The lowest BCUT2D eigenvalue weighted by molar-refractivity contribution is -0.385. The molecule has 0 radical (unpaired) electrons. The summed E-state index contributed by atoms with van der Waals surface area (Å²) in [5, 5.41) is 10.8. The minimum atomic E-state index is -0.581. The van der Waals surface area contributed by atoms with E-state index in [0.29, 0.717) is 11.3 Å². The first-order chi connectivity index (χ1) is 12.3. The molecule has 0 aliphatic carbocycles. The van der Waals surface area contributed by atoms with Gasteiger partial charge in [0.15, 0.2) is 6.61 Å². The van der Waals surface area contributed by atoms with Crippen LogP contribution in [0.1, 0.15) is 27.0 Å². The number of ether oxygens (including phenoxy) is 1. The van der Waals surface area contributed by atoms with Crippen LogP contribution in [0.3, 0.4) is 0 Å². The Hall–Kier alpha value is -3.42. The third-order valence-electron chi connectivity index (χ3n) is 3.82. The lowest BCUT2D eigenvalue weighted by Gasteiger charge is -2.10. The highest BCUT2D eigenvalue weighted by molar-refractivity contribution is 5.95. The quantitative estimate of drug-likeness (QED) is 0.630. The van der Waals surface area contributed by atoms with Gasteiger partial charge in [0.1, 0.15) is 5.75 Å². The minimum absolute atomic E-state index is 0.0765. The number of hydrogen-bond acceptors (Lipinski definition) is 5. The molecule has 0 fully saturated rings. The van der Waals surface area contributed by atoms with Crippen molar-refractivity contribution >= 4 is 17.5 Å². The van der Waals surface area contributed by atoms with E-state index >= 15 is 0 Å². The van der Waals surface area contributed by atoms with E-state index in [4.69, 9.17) is 4.74 Å². The van der Waals surface area contributed by atoms with Crippen molar-refractivity contribution in [2.75, 3.05) is 6.61 Å². The Balaban J connectivity index is 1.86. The second-order valence-electron chi connectivity index (χ2n) is 5.80. The van der Waals surface area contributed by atoms with Gasteiger partial charge in [-0.05, 0) is 56.2 Å². The summed E-state index contributed by atoms with van der Waals surface area (Å²) in [6.45, 7) is 5.18. The lowest BCUT2D eigenvalue weighted by atomic mass is 10.1. The maximum atomic E-state index is 12.0. The average molecular weight is 357 g/mol. The molecule has 0 aliphatic heterocycles. The molecule has 0 atom stereocenters. The fraction of sp³-hybridized carbons (Fsp3) is 0.222. The van der Waals surface area contributed by atoms with Crippen LogP contribution < -0.4 is 15.6 Å². The van der Waals surface area contributed by atoms with Gasteiger partial charge in [-0.25, -0.2) is 0 Å². The van der Waals surface area contributed by atoms with Crippen molar-refractivity contribution in [2.24, 2.45) is 0 Å². The van der Waals surface area contributed by atoms with Gasteiger partial charge in [-0.3, -0.25) is 30.6 Å². The first kappa shape index (κ1) is 18.9. The second-order valence-corrected chi connectivity index (χ2v) is 5.80. The zero-order valence-electron chi connectivity index (χ0n) is 14.7. The van der Waals surface area contributed by atoms with Gasteiger partial charge in [0.2, 0.25) is 0 Å². The number of hydrazine groups is 1. The van der Waals surface area contributed by atoms with E-state index in [1.54, 1.807) is 6.07 Å². The monoisotopic (exact) mass is 357 g/mol. The number of benzene rings is 2. The van der Waals surface area contributed by atoms with Crippen LogP contribution in [0, 0.1) is 30.9 Å². The zero-order valence-corrected chi connectivity index (χ0v) is 14.7. The third kappa shape index (κ3) is 4.79. The number of amides is 2. The molecule has 136 valence electrons. The smallest absolute Gasteiger partial charge is 0.276 e. The summed E-state index contributed by atoms with van der Waals surface area (Å²) < 4.78 is 5.36. The summed E-state index contributed by atoms with van der Waals surface area (Å²) in [6.07, 6.45) is 0. The van der Waals surface area contributed by atoms with Crippen LogP contribution in [0.15, 0.2) is 36.4 Å². The molecule has 26 heavy (non-hydrogen) atoms. The van der Waals surface area contributed by atoms with Crippen molar-refractivity contribution in [1.82, 2.24) is 10.9 Å². The van der Waals surface area contributed by atoms with Gasteiger partial charge < -0.3 is 4.74 Å². The largest absolute Gasteiger partial charge is 0.484 e. The van der Waals surface area contributed by atoms with Crippen molar-refractivity contribution in [1.29, 1.82) is 0 Å². The SMILES string of the molecule is Cc1ccc(OCC(=O)NNC(=O)c2ccc([N+](=O)[O-])c(C)c2)cc1C. The van der Waals surface area contributed by atoms with Crippen molar-refractivity contribution in [3.63, 3.8) is 0 Å². The summed E-state index contributed by atoms with van der Waals surface area (Å²) >= 11 is 0. The number of hydrogen-bond donors (Lipinski definition) is 2. The fourth-order valence-corrected chi connectivity index (χ4v) is 2.19. The van der Waals surface area contributed by atoms with Crippen LogP contribution >= 0.6 is 0 Å². The molecule has 8 nitrogen and oxygen atoms in total. The summed E-state index contributed by atoms with van der Waals surface area (Å²) in [6, 6.07) is 9.41. The Bertz CT molecular complexity index is 864. The van der Waals surface area contributed by atoms with Gasteiger partial charge in [-0.15, -0.1) is 0 Å². The molecule has 0 spiro atoms. The first-order valence-corrected chi connectivity index (χ1v) is 7.82. The molecule has 0 heterocycles. The normalized spacial score (nSPS) is 10.1. The van der Waals surface area contributed by atoms with Crippen molar-refractivity contribution < 1.29 is 19.2 Å². The maximum Gasteiger partial charge on any atom is 0.276 e. The van der Waals surface area contributed by atoms with E-state index in [-0.39, 0.29) is 17.9 Å². The molecule has 0 aromatic heterocycles. The highest BCUT2D eigenvalue weighted by Crippen LogP contribution is 2.18. The predicted molar refractivity (Wildman–Crippen MR) is 94.9 cm³/mol. The Morgan fingerprint density at radius 3 is 2.35 bits per heavy atom. The standard InChI is InChI=1S/C18H19N3O5/c1-11-4-6-15(9-12(11)2)26-10-17(22)19-20-18(23)14-5-7-16(21(24)25)13(3)8-14/h4-9H,10H2,1-3H3,(H,19,22)(H,20,23). The molecule has 0 saturated heterocycles. The van der Waals surface area contributed by atoms with Crippen LogP contribution in [0.25, 0.3) is 0 Å². The first-order valence-electron chi connectivity index (χ1n) is 7.82. The van der Waals surface area contributed by atoms with E-state index in [0.717, 1.165) is 11.1 Å². The van der Waals surface area contributed by atoms with Gasteiger partial charge in [0.25, 0.3) is 17.5 Å². The van der Waals surface area contributed by atoms with Gasteiger partial charge in [-0.2, -0.15) is 0 Å². The van der Waals surface area contributed by atoms with E-state index in [1.165, 1.54) is 25.1 Å². The van der Waals surface area contributed by atoms with E-state index in [2.05, 4.69) is 10.9 Å². The van der Waals surface area contributed by atoms with Crippen LogP contribution in [0.2, 0.25) is 0 Å². The summed E-state index contributed by atoms with van der Waals surface area (Å²) in [7, 11) is 0. The van der Waals surface area contributed by atoms with Crippen LogP contribution in [0.4, 0.5) is 5.69 Å². The van der Waals surface area contributed by atoms with E-state index in [1.807, 2.05) is 26.0 Å². The Morgan fingerprint density at radius 1 is 1.00 bits per heavy atom. The minimum Gasteiger partial charge on any atom is -0.484 e. The van der Waals surface area contributed by atoms with E-state index in [9.17, 15) is 19.7 Å². The molecular formula is C18H19N3O5. The number of carbonyl (C=O) groups excluding carboxylic acids is 2. The molecular weight excluding hydrogens is 338 g/mol. The molecule has 2 N–H and O–H groups in total. The molecule has 2 amide bonds. The molecule has 0 aliphatic rings. The van der Waals surface area contributed by atoms with Gasteiger partial charge in [0.05, 0.1) is 4.92 Å². The Kier molecular flexibility index (Phi) is 5.90. The number of nitro groups is 1. The Morgan fingerprint density at radius 2 is 1.73 bits per heavy atom. The fourth-order valence-electron chi connectivity index (χ4n) is 2.19. The highest BCUT2D eigenvalue weighted by Gasteiger charge is 2.14. The molecule has 2 rings (SSSR count). The summed E-state index contributed by atoms with van der Waals surface area (Å²) in [5.74, 6) is -0.557. The number of nitro benzene ring substituents is 1. The topological polar surface area (TPSA) is 111 Å². The lowest BCUT2D eigenvalue weighted by Crippen LogP contribution is -2.43. The number of aryl methyl sites for hydroxylation is 3. The third-order valence-corrected chi connectivity index (χ3v) is 3.82. The van der Waals surface area contributed by atoms with Crippen LogP contribution in [0.5, 0.6) is 5.75 Å². The van der Waals surface area contributed by atoms with E-state index < -0.39 is 16.7 Å². The van der Waals surface area contributed by atoms with Gasteiger partial charge in [0, 0.05) is 17.2 Å².